The molecule has 0 aliphatic rings. The first-order chi connectivity index (χ1) is 28.7. The van der Waals surface area contributed by atoms with Crippen LogP contribution in [0.3, 0.4) is 0 Å². The molecule has 0 aromatic carbocycles. The summed E-state index contributed by atoms with van der Waals surface area (Å²) in [5, 5.41) is 35.3. The van der Waals surface area contributed by atoms with Gasteiger partial charge in [0.25, 0.3) is 0 Å². The maximum atomic E-state index is 13.8. The largest absolute Gasteiger partial charge is 0.394 e. The molecule has 1 aromatic rings. The third kappa shape index (κ3) is 20.9. The van der Waals surface area contributed by atoms with E-state index < -0.39 is 103 Å². The van der Waals surface area contributed by atoms with Gasteiger partial charge in [-0.05, 0) is 44.9 Å². The van der Waals surface area contributed by atoms with Gasteiger partial charge in [-0.3, -0.25) is 43.5 Å². The molecule has 1 aromatic heterocycles. The van der Waals surface area contributed by atoms with Gasteiger partial charge in [-0.2, -0.15) is 0 Å². The number of nitrogens with one attached hydrogen (secondary N) is 7. The first-order valence-electron chi connectivity index (χ1n) is 19.6. The van der Waals surface area contributed by atoms with E-state index in [0.717, 1.165) is 6.92 Å². The van der Waals surface area contributed by atoms with E-state index in [9.17, 15) is 48.6 Å². The minimum absolute atomic E-state index is 0.0334. The highest BCUT2D eigenvalue weighted by molar-refractivity contribution is 5.97. The smallest absolute Gasteiger partial charge is 0.245 e. The number of aldehydes is 1. The fourth-order valence-corrected chi connectivity index (χ4v) is 5.64. The number of amides is 7. The third-order valence-corrected chi connectivity index (χ3v) is 8.86. The van der Waals surface area contributed by atoms with Crippen molar-refractivity contribution in [3.8, 4) is 0 Å². The summed E-state index contributed by atoms with van der Waals surface area (Å²) in [6.45, 7) is 5.84. The number of carbonyl (C=O) groups excluding carboxylic acids is 8. The molecule has 25 nitrogen and oxygen atoms in total. The second-order valence-corrected chi connectivity index (χ2v) is 14.8. The monoisotopic (exact) mass is 865 g/mol. The summed E-state index contributed by atoms with van der Waals surface area (Å²) in [6.07, 6.45) is 1.84. The Morgan fingerprint density at radius 3 is 1.75 bits per heavy atom. The molecule has 0 fully saturated rings. The summed E-state index contributed by atoms with van der Waals surface area (Å²) >= 11 is 0. The lowest BCUT2D eigenvalue weighted by molar-refractivity contribution is -0.137. The van der Waals surface area contributed by atoms with Crippen LogP contribution in [0.4, 0.5) is 0 Å². The van der Waals surface area contributed by atoms with E-state index >= 15 is 0 Å². The maximum absolute atomic E-state index is 13.8. The number of hydrogen-bond acceptors (Lipinski definition) is 13. The maximum Gasteiger partial charge on any atom is 0.245 e. The number of hydrogen-bond donors (Lipinski definition) is 14. The van der Waals surface area contributed by atoms with Gasteiger partial charge in [-0.25, -0.2) is 4.98 Å². The van der Waals surface area contributed by atoms with Crippen LogP contribution in [-0.2, 0) is 44.8 Å². The van der Waals surface area contributed by atoms with Gasteiger partial charge in [-0.15, -0.1) is 0 Å². The molecular formula is C36H63N15O10. The Morgan fingerprint density at radius 2 is 1.25 bits per heavy atom. The molecule has 0 radical (unpaired) electrons. The van der Waals surface area contributed by atoms with Crippen LogP contribution < -0.4 is 60.6 Å². The van der Waals surface area contributed by atoms with Crippen molar-refractivity contribution < 1.29 is 48.6 Å². The minimum atomic E-state index is -1.77. The fraction of sp³-hybridized carbons (Fsp3) is 0.639. The van der Waals surface area contributed by atoms with Gasteiger partial charge >= 0.3 is 0 Å². The molecule has 0 aliphatic carbocycles. The molecule has 0 saturated carbocycles. The molecule has 0 aliphatic heterocycles. The number of aliphatic imine (C=N–C) groups is 2. The molecule has 7 amide bonds. The van der Waals surface area contributed by atoms with E-state index in [-0.39, 0.29) is 56.4 Å². The summed E-state index contributed by atoms with van der Waals surface area (Å²) in [5.41, 5.74) is 26.9. The van der Waals surface area contributed by atoms with Crippen LogP contribution in [0.2, 0.25) is 0 Å². The summed E-state index contributed by atoms with van der Waals surface area (Å²) in [4.78, 5) is 118. The zero-order valence-electron chi connectivity index (χ0n) is 34.9. The number of nitrogens with two attached hydrogens (primary N) is 5. The SMILES string of the molecule is CC(C)C[C@H](NC(=O)[C@@H](C)CCCN=C(N)N)C(=O)N[C@@H](Cc1cnc[nH]1)C(=O)N[C@@H](CO)C(=O)N[C@H](C(=O)N[C@@H](CCCN=C(N)N)C(=O)N[C@H](C=O)CC(N)=O)[C@@H](C)O. The lowest BCUT2D eigenvalue weighted by Crippen LogP contribution is -2.62. The van der Waals surface area contributed by atoms with E-state index in [1.165, 1.54) is 12.5 Å². The topological polar surface area (TPSA) is 433 Å². The van der Waals surface area contributed by atoms with E-state index in [1.807, 2.05) is 13.8 Å². The Balaban J connectivity index is 3.24. The second-order valence-electron chi connectivity index (χ2n) is 14.8. The molecule has 0 saturated heterocycles. The van der Waals surface area contributed by atoms with Crippen LogP contribution in [0.5, 0.6) is 0 Å². The number of aliphatic hydroxyl groups is 2. The predicted molar refractivity (Wildman–Crippen MR) is 221 cm³/mol. The lowest BCUT2D eigenvalue weighted by atomic mass is 9.99. The number of nitrogens with zero attached hydrogens (tertiary/aromatic N) is 3. The first-order valence-corrected chi connectivity index (χ1v) is 19.6. The van der Waals surface area contributed by atoms with Crippen LogP contribution in [0, 0.1) is 11.8 Å². The molecule has 1 heterocycles. The standard InChI is InChI=1S/C36H63N15O10/c1-18(2)11-24(48-29(56)19(3)7-5-9-43-35(38)39)31(58)49-25(12-21-14-42-17-45-21)32(59)50-26(16-53)33(60)51-28(20(4)54)34(61)47-23(8-6-10-44-36(40)41)30(57)46-22(15-52)13-27(37)55/h14-15,17-20,22-26,28,53-54H,5-13,16H2,1-4H3,(H2,37,55)(H,42,45)(H,46,57)(H,47,61)(H,48,56)(H,49,58)(H,50,59)(H,51,60)(H4,38,39,43)(H4,40,41,44)/t19-,20+,22-,23-,24-,25-,26-,28-/m0/s1. The molecular weight excluding hydrogens is 802 g/mol. The van der Waals surface area contributed by atoms with E-state index in [1.54, 1.807) is 6.92 Å². The summed E-state index contributed by atoms with van der Waals surface area (Å²) in [6, 6.07) is -8.71. The lowest BCUT2D eigenvalue weighted by Gasteiger charge is -2.28. The van der Waals surface area contributed by atoms with Crippen molar-refractivity contribution in [1.29, 1.82) is 0 Å². The van der Waals surface area contributed by atoms with E-state index in [4.69, 9.17) is 28.7 Å². The third-order valence-electron chi connectivity index (χ3n) is 8.86. The number of H-pyrrole nitrogens is 1. The Labute approximate surface area is 353 Å². The summed E-state index contributed by atoms with van der Waals surface area (Å²) in [7, 11) is 0. The predicted octanol–water partition coefficient (Wildman–Crippen LogP) is -5.90. The van der Waals surface area contributed by atoms with Gasteiger partial charge in [0.2, 0.25) is 41.4 Å². The van der Waals surface area contributed by atoms with Crippen molar-refractivity contribution in [2.24, 2.45) is 50.5 Å². The number of aliphatic hydroxyl groups excluding tert-OH is 2. The normalized spacial score (nSPS) is 14.9. The molecule has 25 heteroatoms. The van der Waals surface area contributed by atoms with Crippen molar-refractivity contribution in [3.63, 3.8) is 0 Å². The van der Waals surface area contributed by atoms with E-state index in [0.29, 0.717) is 25.1 Å². The van der Waals surface area contributed by atoms with Crippen molar-refractivity contribution >= 4 is 59.6 Å². The molecule has 0 unspecified atom stereocenters. The summed E-state index contributed by atoms with van der Waals surface area (Å²) < 4.78 is 0. The van der Waals surface area contributed by atoms with Gasteiger partial charge in [0.05, 0.1) is 31.5 Å². The zero-order chi connectivity index (χ0) is 46.2. The Morgan fingerprint density at radius 1 is 0.721 bits per heavy atom. The van der Waals surface area contributed by atoms with Gasteiger partial charge in [-0.1, -0.05) is 20.8 Å². The number of carbonyl (C=O) groups is 8. The highest BCUT2D eigenvalue weighted by Crippen LogP contribution is 2.11. The molecule has 61 heavy (non-hydrogen) atoms. The molecule has 1 rings (SSSR count). The Bertz CT molecular complexity index is 1660. The van der Waals surface area contributed by atoms with E-state index in [2.05, 4.69) is 51.9 Å². The number of guanidine groups is 2. The van der Waals surface area contributed by atoms with Gasteiger partial charge in [0.1, 0.15) is 36.5 Å². The average Bonchev–Trinajstić information content (AvgIpc) is 3.70. The highest BCUT2D eigenvalue weighted by atomic mass is 16.3. The van der Waals surface area contributed by atoms with Crippen molar-refractivity contribution in [2.75, 3.05) is 19.7 Å². The number of rotatable bonds is 29. The zero-order valence-corrected chi connectivity index (χ0v) is 34.9. The average molecular weight is 866 g/mol. The molecule has 19 N–H and O–H groups in total. The molecule has 0 bridgehead atoms. The second kappa shape index (κ2) is 27.4. The molecule has 342 valence electrons. The van der Waals surface area contributed by atoms with Gasteiger partial charge in [0.15, 0.2) is 11.9 Å². The number of aromatic nitrogens is 2. The van der Waals surface area contributed by atoms with Crippen molar-refractivity contribution in [1.82, 2.24) is 41.9 Å². The quantitative estimate of drug-likeness (QED) is 0.0154. The Kier molecular flexibility index (Phi) is 23.6. The van der Waals surface area contributed by atoms with Crippen LogP contribution in [0.1, 0.15) is 71.9 Å². The number of imidazole rings is 1. The van der Waals surface area contributed by atoms with Crippen LogP contribution in [0.15, 0.2) is 22.5 Å². The first kappa shape index (κ1) is 52.6. The van der Waals surface area contributed by atoms with Crippen LogP contribution >= 0.6 is 0 Å². The van der Waals surface area contributed by atoms with Crippen molar-refractivity contribution in [2.45, 2.75) is 115 Å². The molecule has 0 spiro atoms. The Hall–Kier alpha value is -6.37. The van der Waals surface area contributed by atoms with Crippen LogP contribution in [0.25, 0.3) is 0 Å². The fourth-order valence-electron chi connectivity index (χ4n) is 5.64. The van der Waals surface area contributed by atoms with Crippen molar-refractivity contribution in [3.05, 3.63) is 18.2 Å². The van der Waals surface area contributed by atoms with Crippen LogP contribution in [-0.4, -0.2) is 142 Å². The number of aromatic amines is 1. The van der Waals surface area contributed by atoms with Gasteiger partial charge < -0.3 is 80.6 Å². The van der Waals surface area contributed by atoms with Gasteiger partial charge in [0, 0.05) is 37.3 Å². The summed E-state index contributed by atoms with van der Waals surface area (Å²) in [5.74, 6) is -7.00. The molecule has 8 atom stereocenters. The number of primary amides is 1. The highest BCUT2D eigenvalue weighted by Gasteiger charge is 2.35. The minimum Gasteiger partial charge on any atom is -0.394 e.